The Morgan fingerprint density at radius 1 is 1.16 bits per heavy atom. The molecule has 1 aliphatic rings. The van der Waals surface area contributed by atoms with Crippen molar-refractivity contribution >= 4 is 17.3 Å². The summed E-state index contributed by atoms with van der Waals surface area (Å²) in [6.07, 6.45) is 0. The first-order valence-corrected chi connectivity index (χ1v) is 6.49. The highest BCUT2D eigenvalue weighted by Gasteiger charge is 2.21. The van der Waals surface area contributed by atoms with Gasteiger partial charge in [-0.05, 0) is 23.3 Å². The maximum Gasteiger partial charge on any atom is 0.147 e. The van der Waals surface area contributed by atoms with Crippen molar-refractivity contribution in [3.05, 3.63) is 64.4 Å². The summed E-state index contributed by atoms with van der Waals surface area (Å²) >= 11 is 6.03. The van der Waals surface area contributed by atoms with Crippen LogP contribution in [0, 0.1) is 5.82 Å². The van der Waals surface area contributed by atoms with E-state index in [1.54, 1.807) is 12.1 Å². The number of halogens is 2. The van der Waals surface area contributed by atoms with E-state index in [4.69, 9.17) is 16.3 Å². The first-order valence-electron chi connectivity index (χ1n) is 6.12. The molecule has 2 nitrogen and oxygen atoms in total. The van der Waals surface area contributed by atoms with Gasteiger partial charge in [0.2, 0.25) is 0 Å². The summed E-state index contributed by atoms with van der Waals surface area (Å²) in [5, 5.41) is 3.52. The number of benzene rings is 2. The summed E-state index contributed by atoms with van der Waals surface area (Å²) in [5.74, 6) is -0.351. The SMILES string of the molecule is Fc1cccc(Cl)c1NC1COCc2ccccc21. The second kappa shape index (κ2) is 5.19. The van der Waals surface area contributed by atoms with Crippen LogP contribution in [0.2, 0.25) is 5.02 Å². The molecule has 0 spiro atoms. The normalized spacial score (nSPS) is 17.9. The van der Waals surface area contributed by atoms with Gasteiger partial charge in [-0.15, -0.1) is 0 Å². The lowest BCUT2D eigenvalue weighted by Crippen LogP contribution is -2.23. The van der Waals surface area contributed by atoms with Crippen molar-refractivity contribution in [1.82, 2.24) is 0 Å². The van der Waals surface area contributed by atoms with Crippen molar-refractivity contribution in [2.24, 2.45) is 0 Å². The minimum atomic E-state index is -0.351. The van der Waals surface area contributed by atoms with Crippen LogP contribution in [0.25, 0.3) is 0 Å². The summed E-state index contributed by atoms with van der Waals surface area (Å²) in [5.41, 5.74) is 2.58. The van der Waals surface area contributed by atoms with Crippen molar-refractivity contribution in [3.8, 4) is 0 Å². The van der Waals surface area contributed by atoms with E-state index in [0.717, 1.165) is 11.1 Å². The molecule has 19 heavy (non-hydrogen) atoms. The number of fused-ring (bicyclic) bond motifs is 1. The molecule has 4 heteroatoms. The molecule has 1 N–H and O–H groups in total. The van der Waals surface area contributed by atoms with Gasteiger partial charge in [0.25, 0.3) is 0 Å². The maximum absolute atomic E-state index is 13.8. The molecular weight excluding hydrogens is 265 g/mol. The topological polar surface area (TPSA) is 21.3 Å². The molecular formula is C15H13ClFNO. The molecule has 0 aliphatic carbocycles. The summed E-state index contributed by atoms with van der Waals surface area (Å²) in [6, 6.07) is 12.6. The van der Waals surface area contributed by atoms with Gasteiger partial charge in [0.05, 0.1) is 30.0 Å². The molecule has 0 radical (unpaired) electrons. The minimum Gasteiger partial charge on any atom is -0.374 e. The molecule has 98 valence electrons. The molecule has 2 aromatic rings. The van der Waals surface area contributed by atoms with E-state index < -0.39 is 0 Å². The van der Waals surface area contributed by atoms with Crippen LogP contribution < -0.4 is 5.32 Å². The lowest BCUT2D eigenvalue weighted by molar-refractivity contribution is 0.0969. The van der Waals surface area contributed by atoms with E-state index in [9.17, 15) is 4.39 Å². The molecule has 3 rings (SSSR count). The molecule has 1 unspecified atom stereocenters. The molecule has 1 heterocycles. The van der Waals surface area contributed by atoms with Crippen LogP contribution in [-0.2, 0) is 11.3 Å². The van der Waals surface area contributed by atoms with Crippen molar-refractivity contribution in [2.45, 2.75) is 12.6 Å². The minimum absolute atomic E-state index is 0.0839. The highest BCUT2D eigenvalue weighted by atomic mass is 35.5. The van der Waals surface area contributed by atoms with Gasteiger partial charge in [-0.2, -0.15) is 0 Å². The molecule has 0 aromatic heterocycles. The quantitative estimate of drug-likeness (QED) is 0.890. The summed E-state index contributed by atoms with van der Waals surface area (Å²) in [7, 11) is 0. The van der Waals surface area contributed by atoms with Crippen molar-refractivity contribution in [2.75, 3.05) is 11.9 Å². The smallest absolute Gasteiger partial charge is 0.147 e. The first-order chi connectivity index (χ1) is 9.25. The highest BCUT2D eigenvalue weighted by Crippen LogP contribution is 2.32. The van der Waals surface area contributed by atoms with Crippen molar-refractivity contribution < 1.29 is 9.13 Å². The van der Waals surface area contributed by atoms with Crippen molar-refractivity contribution in [1.29, 1.82) is 0 Å². The fourth-order valence-corrected chi connectivity index (χ4v) is 2.53. The number of rotatable bonds is 2. The van der Waals surface area contributed by atoms with E-state index in [-0.39, 0.29) is 11.9 Å². The molecule has 0 amide bonds. The molecule has 0 fully saturated rings. The van der Waals surface area contributed by atoms with Gasteiger partial charge in [0.1, 0.15) is 5.82 Å². The van der Waals surface area contributed by atoms with Crippen LogP contribution in [0.4, 0.5) is 10.1 Å². The van der Waals surface area contributed by atoms with Crippen LogP contribution >= 0.6 is 11.6 Å². The van der Waals surface area contributed by atoms with Crippen LogP contribution in [0.1, 0.15) is 17.2 Å². The number of ether oxygens (including phenoxy) is 1. The second-order valence-electron chi connectivity index (χ2n) is 4.51. The van der Waals surface area contributed by atoms with E-state index in [1.807, 2.05) is 24.3 Å². The summed E-state index contributed by atoms with van der Waals surface area (Å²) < 4.78 is 19.3. The standard InChI is InChI=1S/C15H13ClFNO/c16-12-6-3-7-13(17)15(12)18-14-9-19-8-10-4-1-2-5-11(10)14/h1-7,14,18H,8-9H2. The van der Waals surface area contributed by atoms with Gasteiger partial charge in [-0.1, -0.05) is 41.9 Å². The van der Waals surface area contributed by atoms with Crippen LogP contribution in [0.15, 0.2) is 42.5 Å². The zero-order valence-corrected chi connectivity index (χ0v) is 11.0. The van der Waals surface area contributed by atoms with E-state index in [0.29, 0.717) is 23.9 Å². The van der Waals surface area contributed by atoms with Crippen LogP contribution in [-0.4, -0.2) is 6.61 Å². The number of anilines is 1. The fourth-order valence-electron chi connectivity index (χ4n) is 2.31. The zero-order chi connectivity index (χ0) is 13.2. The number of hydrogen-bond acceptors (Lipinski definition) is 2. The molecule has 0 saturated carbocycles. The van der Waals surface area contributed by atoms with Gasteiger partial charge in [0, 0.05) is 0 Å². The van der Waals surface area contributed by atoms with Gasteiger partial charge in [-0.25, -0.2) is 4.39 Å². The van der Waals surface area contributed by atoms with Gasteiger partial charge < -0.3 is 10.1 Å². The number of hydrogen-bond donors (Lipinski definition) is 1. The van der Waals surface area contributed by atoms with Gasteiger partial charge in [0.15, 0.2) is 0 Å². The molecule has 0 saturated heterocycles. The van der Waals surface area contributed by atoms with Crippen molar-refractivity contribution in [3.63, 3.8) is 0 Å². The van der Waals surface area contributed by atoms with Crippen LogP contribution in [0.5, 0.6) is 0 Å². The molecule has 0 bridgehead atoms. The third kappa shape index (κ3) is 2.44. The monoisotopic (exact) mass is 277 g/mol. The van der Waals surface area contributed by atoms with Gasteiger partial charge >= 0.3 is 0 Å². The lowest BCUT2D eigenvalue weighted by Gasteiger charge is -2.27. The average Bonchev–Trinajstić information content (AvgIpc) is 2.43. The molecule has 2 aromatic carbocycles. The largest absolute Gasteiger partial charge is 0.374 e. The Hall–Kier alpha value is -1.58. The Morgan fingerprint density at radius 2 is 2.00 bits per heavy atom. The summed E-state index contributed by atoms with van der Waals surface area (Å²) in [6.45, 7) is 1.10. The predicted molar refractivity (Wildman–Crippen MR) is 73.9 cm³/mol. The Bertz CT molecular complexity index is 582. The third-order valence-electron chi connectivity index (χ3n) is 3.25. The Labute approximate surface area is 116 Å². The lowest BCUT2D eigenvalue weighted by atomic mass is 9.99. The second-order valence-corrected chi connectivity index (χ2v) is 4.91. The predicted octanol–water partition coefficient (Wildman–Crippen LogP) is 4.16. The van der Waals surface area contributed by atoms with E-state index >= 15 is 0 Å². The third-order valence-corrected chi connectivity index (χ3v) is 3.57. The van der Waals surface area contributed by atoms with E-state index in [2.05, 4.69) is 5.32 Å². The average molecular weight is 278 g/mol. The summed E-state index contributed by atoms with van der Waals surface area (Å²) in [4.78, 5) is 0. The van der Waals surface area contributed by atoms with Gasteiger partial charge in [-0.3, -0.25) is 0 Å². The Balaban J connectivity index is 1.93. The highest BCUT2D eigenvalue weighted by molar-refractivity contribution is 6.33. The number of para-hydroxylation sites is 1. The molecule has 1 aliphatic heterocycles. The first kappa shape index (κ1) is 12.5. The number of nitrogens with one attached hydrogen (secondary N) is 1. The van der Waals surface area contributed by atoms with E-state index in [1.165, 1.54) is 6.07 Å². The maximum atomic E-state index is 13.8. The molecule has 1 atom stereocenters. The zero-order valence-electron chi connectivity index (χ0n) is 10.2. The Morgan fingerprint density at radius 3 is 2.84 bits per heavy atom. The fraction of sp³-hybridized carbons (Fsp3) is 0.200. The van der Waals surface area contributed by atoms with Crippen LogP contribution in [0.3, 0.4) is 0 Å². The Kier molecular flexibility index (Phi) is 3.40.